The number of rotatable bonds is 6. The summed E-state index contributed by atoms with van der Waals surface area (Å²) in [6, 6.07) is 13.9. The maximum Gasteiger partial charge on any atom is 0.322 e. The predicted octanol–water partition coefficient (Wildman–Crippen LogP) is 4.15. The number of hydrogen-bond acceptors (Lipinski definition) is 3. The lowest BCUT2D eigenvalue weighted by atomic mass is 10.1. The smallest absolute Gasteiger partial charge is 0.322 e. The van der Waals surface area contributed by atoms with Crippen molar-refractivity contribution in [1.29, 1.82) is 0 Å². The fourth-order valence-electron chi connectivity index (χ4n) is 2.34. The summed E-state index contributed by atoms with van der Waals surface area (Å²) < 4.78 is 4.76. The van der Waals surface area contributed by atoms with Crippen molar-refractivity contribution in [2.24, 2.45) is 0 Å². The number of ether oxygens (including phenoxy) is 1. The van der Waals surface area contributed by atoms with Gasteiger partial charge in [0.2, 0.25) is 5.91 Å². The van der Waals surface area contributed by atoms with Crippen LogP contribution in [0, 0.1) is 0 Å². The minimum Gasteiger partial charge on any atom is -0.375 e. The van der Waals surface area contributed by atoms with Gasteiger partial charge in [0.05, 0.1) is 6.04 Å². The number of halogens is 1. The predicted molar refractivity (Wildman–Crippen MR) is 104 cm³/mol. The molecule has 0 aromatic heterocycles. The highest BCUT2D eigenvalue weighted by Gasteiger charge is 2.17. The Labute approximate surface area is 158 Å². The lowest BCUT2D eigenvalue weighted by molar-refractivity contribution is -0.119. The fraction of sp³-hybridized carbons (Fsp3) is 0.263. The first kappa shape index (κ1) is 19.8. The molecule has 1 unspecified atom stereocenters. The van der Waals surface area contributed by atoms with Crippen molar-refractivity contribution in [3.8, 4) is 0 Å². The summed E-state index contributed by atoms with van der Waals surface area (Å²) in [4.78, 5) is 25.5. The fourth-order valence-corrected chi connectivity index (χ4v) is 2.54. The van der Waals surface area contributed by atoms with Gasteiger partial charge >= 0.3 is 6.03 Å². The van der Waals surface area contributed by atoms with E-state index in [-0.39, 0.29) is 24.6 Å². The molecule has 1 atom stereocenters. The molecule has 0 fully saturated rings. The zero-order chi connectivity index (χ0) is 19.1. The third kappa shape index (κ3) is 5.47. The second-order valence-corrected chi connectivity index (χ2v) is 6.27. The number of carbonyl (C=O) groups excluding carboxylic acids is 2. The number of amides is 3. The third-order valence-corrected chi connectivity index (χ3v) is 4.16. The molecule has 26 heavy (non-hydrogen) atoms. The Morgan fingerprint density at radius 1 is 1.12 bits per heavy atom. The van der Waals surface area contributed by atoms with E-state index in [2.05, 4.69) is 10.6 Å². The normalized spacial score (nSPS) is 11.5. The average Bonchev–Trinajstić information content (AvgIpc) is 2.62. The van der Waals surface area contributed by atoms with Crippen molar-refractivity contribution in [2.75, 3.05) is 31.4 Å². The van der Waals surface area contributed by atoms with Crippen molar-refractivity contribution in [3.63, 3.8) is 0 Å². The van der Waals surface area contributed by atoms with Crippen LogP contribution in [0.5, 0.6) is 0 Å². The molecule has 0 radical (unpaired) electrons. The van der Waals surface area contributed by atoms with Crippen LogP contribution >= 0.6 is 11.6 Å². The summed E-state index contributed by atoms with van der Waals surface area (Å²) in [7, 11) is 3.18. The van der Waals surface area contributed by atoms with Gasteiger partial charge in [0.1, 0.15) is 6.61 Å². The molecule has 0 aliphatic carbocycles. The molecule has 0 aliphatic rings. The van der Waals surface area contributed by atoms with Gasteiger partial charge in [-0.3, -0.25) is 4.79 Å². The highest BCUT2D eigenvalue weighted by atomic mass is 35.5. The van der Waals surface area contributed by atoms with Crippen LogP contribution in [-0.4, -0.2) is 37.6 Å². The Balaban J connectivity index is 1.97. The number of nitrogens with zero attached hydrogens (tertiary/aromatic N) is 1. The highest BCUT2D eigenvalue weighted by Crippen LogP contribution is 2.23. The molecule has 0 aliphatic heterocycles. The Kier molecular flexibility index (Phi) is 7.00. The number of nitrogens with one attached hydrogen (secondary N) is 2. The molecule has 0 bridgehead atoms. The first-order chi connectivity index (χ1) is 12.4. The van der Waals surface area contributed by atoms with Crippen LogP contribution in [0.15, 0.2) is 48.5 Å². The zero-order valence-electron chi connectivity index (χ0n) is 15.0. The Morgan fingerprint density at radius 2 is 1.73 bits per heavy atom. The quantitative estimate of drug-likeness (QED) is 0.796. The molecule has 0 spiro atoms. The standard InChI is InChI=1S/C19H22ClN3O3/c1-13(14-5-4-6-15(20)11-14)23(2)19(25)22-17-9-7-16(8-10-17)21-18(24)12-26-3/h4-11,13H,12H2,1-3H3,(H,21,24)(H,22,25). The van der Waals surface area contributed by atoms with Crippen molar-refractivity contribution in [1.82, 2.24) is 4.90 Å². The third-order valence-electron chi connectivity index (χ3n) is 3.93. The summed E-state index contributed by atoms with van der Waals surface area (Å²) in [6.45, 7) is 1.92. The maximum absolute atomic E-state index is 12.5. The summed E-state index contributed by atoms with van der Waals surface area (Å²) in [6.07, 6.45) is 0. The SMILES string of the molecule is COCC(=O)Nc1ccc(NC(=O)N(C)C(C)c2cccc(Cl)c2)cc1. The number of anilines is 2. The molecule has 2 N–H and O–H groups in total. The van der Waals surface area contributed by atoms with E-state index in [9.17, 15) is 9.59 Å². The van der Waals surface area contributed by atoms with Crippen LogP contribution in [0.25, 0.3) is 0 Å². The minimum atomic E-state index is -0.242. The van der Waals surface area contributed by atoms with Gasteiger partial charge in [-0.25, -0.2) is 4.79 Å². The molecular formula is C19H22ClN3O3. The second-order valence-electron chi connectivity index (χ2n) is 5.83. The minimum absolute atomic E-state index is 0.00925. The zero-order valence-corrected chi connectivity index (χ0v) is 15.7. The average molecular weight is 376 g/mol. The van der Waals surface area contributed by atoms with E-state index in [1.165, 1.54) is 7.11 Å². The molecule has 2 aromatic rings. The van der Waals surface area contributed by atoms with E-state index >= 15 is 0 Å². The molecule has 2 aromatic carbocycles. The molecule has 0 saturated carbocycles. The van der Waals surface area contributed by atoms with E-state index < -0.39 is 0 Å². The molecule has 7 heteroatoms. The molecule has 2 rings (SSSR count). The van der Waals surface area contributed by atoms with E-state index in [1.807, 2.05) is 25.1 Å². The van der Waals surface area contributed by atoms with Gasteiger partial charge in [-0.15, -0.1) is 0 Å². The van der Waals surface area contributed by atoms with Crippen molar-refractivity contribution in [2.45, 2.75) is 13.0 Å². The van der Waals surface area contributed by atoms with Crippen molar-refractivity contribution in [3.05, 3.63) is 59.1 Å². The van der Waals surface area contributed by atoms with E-state index in [4.69, 9.17) is 16.3 Å². The lowest BCUT2D eigenvalue weighted by Gasteiger charge is -2.25. The van der Waals surface area contributed by atoms with E-state index in [0.29, 0.717) is 16.4 Å². The summed E-state index contributed by atoms with van der Waals surface area (Å²) in [5.74, 6) is -0.237. The van der Waals surface area contributed by atoms with Gasteiger partial charge in [0.25, 0.3) is 0 Å². The maximum atomic E-state index is 12.5. The molecular weight excluding hydrogens is 354 g/mol. The van der Waals surface area contributed by atoms with Crippen LogP contribution in [0.3, 0.4) is 0 Å². The summed E-state index contributed by atoms with van der Waals surface area (Å²) >= 11 is 6.02. The van der Waals surface area contributed by atoms with Crippen LogP contribution in [-0.2, 0) is 9.53 Å². The second kappa shape index (κ2) is 9.22. The number of methoxy groups -OCH3 is 1. The summed E-state index contributed by atoms with van der Waals surface area (Å²) in [5.41, 5.74) is 2.21. The monoisotopic (exact) mass is 375 g/mol. The number of benzene rings is 2. The van der Waals surface area contributed by atoms with Crippen molar-refractivity contribution < 1.29 is 14.3 Å². The Bertz CT molecular complexity index is 765. The van der Waals surface area contributed by atoms with Crippen molar-refractivity contribution >= 4 is 34.9 Å². The van der Waals surface area contributed by atoms with Crippen LogP contribution < -0.4 is 10.6 Å². The molecule has 0 heterocycles. The van der Waals surface area contributed by atoms with Crippen LogP contribution in [0.4, 0.5) is 16.2 Å². The molecule has 0 saturated heterocycles. The summed E-state index contributed by atoms with van der Waals surface area (Å²) in [5, 5.41) is 6.15. The lowest BCUT2D eigenvalue weighted by Crippen LogP contribution is -2.33. The van der Waals surface area contributed by atoms with Gasteiger partial charge in [-0.1, -0.05) is 23.7 Å². The van der Waals surface area contributed by atoms with Crippen LogP contribution in [0.2, 0.25) is 5.02 Å². The van der Waals surface area contributed by atoms with Gasteiger partial charge in [0.15, 0.2) is 0 Å². The van der Waals surface area contributed by atoms with E-state index in [0.717, 1.165) is 5.56 Å². The Hall–Kier alpha value is -2.57. The number of urea groups is 1. The van der Waals surface area contributed by atoms with Gasteiger partial charge in [0, 0.05) is 30.6 Å². The topological polar surface area (TPSA) is 70.7 Å². The number of carbonyl (C=O) groups is 2. The first-order valence-corrected chi connectivity index (χ1v) is 8.46. The van der Waals surface area contributed by atoms with E-state index in [1.54, 1.807) is 42.3 Å². The van der Waals surface area contributed by atoms with Gasteiger partial charge < -0.3 is 20.3 Å². The van der Waals surface area contributed by atoms with Crippen LogP contribution in [0.1, 0.15) is 18.5 Å². The van der Waals surface area contributed by atoms with Gasteiger partial charge in [-0.05, 0) is 48.9 Å². The molecule has 3 amide bonds. The van der Waals surface area contributed by atoms with Gasteiger partial charge in [-0.2, -0.15) is 0 Å². The molecule has 138 valence electrons. The highest BCUT2D eigenvalue weighted by molar-refractivity contribution is 6.30. The Morgan fingerprint density at radius 3 is 2.31 bits per heavy atom. The molecule has 6 nitrogen and oxygen atoms in total. The number of hydrogen-bond donors (Lipinski definition) is 2. The largest absolute Gasteiger partial charge is 0.375 e. The first-order valence-electron chi connectivity index (χ1n) is 8.09.